The summed E-state index contributed by atoms with van der Waals surface area (Å²) in [6.45, 7) is 7.04. The fraction of sp³-hybridized carbons (Fsp3) is 0.148. The third-order valence-corrected chi connectivity index (χ3v) is 6.25. The average Bonchev–Trinajstić information content (AvgIpc) is 3.13. The second-order valence-electron chi connectivity index (χ2n) is 7.80. The molecule has 4 rings (SSSR count). The van der Waals surface area contributed by atoms with Crippen molar-refractivity contribution >= 4 is 40.2 Å². The summed E-state index contributed by atoms with van der Waals surface area (Å²) in [5.41, 5.74) is 4.81. The molecule has 0 amide bonds. The third-order valence-electron chi connectivity index (χ3n) is 5.23. The molecule has 166 valence electrons. The molecule has 6 heteroatoms. The Morgan fingerprint density at radius 3 is 2.06 bits per heavy atom. The molecule has 4 aromatic rings. The van der Waals surface area contributed by atoms with Gasteiger partial charge in [-0.1, -0.05) is 40.7 Å². The van der Waals surface area contributed by atoms with Crippen molar-refractivity contribution < 1.29 is 18.8 Å². The zero-order valence-corrected chi connectivity index (χ0v) is 19.7. The number of nitrogens with zero attached hydrogens (tertiary/aromatic N) is 1. The van der Waals surface area contributed by atoms with Crippen LogP contribution in [0.3, 0.4) is 0 Å². The molecule has 0 aliphatic carbocycles. The van der Waals surface area contributed by atoms with Crippen LogP contribution in [0, 0.1) is 13.8 Å². The average molecular weight is 458 g/mol. The monoisotopic (exact) mass is 457 g/mol. The number of oxime groups is 1. The smallest absolute Gasteiger partial charge is 0.331 e. The van der Waals surface area contributed by atoms with E-state index in [0.717, 1.165) is 37.5 Å². The van der Waals surface area contributed by atoms with E-state index in [9.17, 15) is 9.59 Å². The maximum Gasteiger partial charge on any atom is 0.331 e. The second kappa shape index (κ2) is 9.46. The molecule has 0 bridgehead atoms. The minimum Gasteiger partial charge on any atom is -0.452 e. The van der Waals surface area contributed by atoms with E-state index in [0.29, 0.717) is 17.0 Å². The van der Waals surface area contributed by atoms with Gasteiger partial charge in [0.2, 0.25) is 5.78 Å². The van der Waals surface area contributed by atoms with E-state index in [1.54, 1.807) is 18.7 Å². The normalized spacial score (nSPS) is 11.6. The van der Waals surface area contributed by atoms with Gasteiger partial charge in [0, 0.05) is 33.2 Å². The standard InChI is InChI=1S/C27H23NO4S/c1-16-5-14-25-24(15-16)17(2)27(31-25)26(30)21-8-12-23(13-9-21)33-22-10-6-20(7-11-22)18(3)28-32-19(4)29/h5-15H,1-4H3. The van der Waals surface area contributed by atoms with Crippen molar-refractivity contribution in [1.29, 1.82) is 0 Å². The fourth-order valence-electron chi connectivity index (χ4n) is 3.44. The number of hydrogen-bond acceptors (Lipinski definition) is 6. The van der Waals surface area contributed by atoms with E-state index in [1.807, 2.05) is 80.6 Å². The fourth-order valence-corrected chi connectivity index (χ4v) is 4.26. The molecular weight excluding hydrogens is 434 g/mol. The lowest BCUT2D eigenvalue weighted by atomic mass is 10.0. The number of fused-ring (bicyclic) bond motifs is 1. The van der Waals surface area contributed by atoms with Crippen LogP contribution in [0.15, 0.2) is 86.1 Å². The number of aryl methyl sites for hydroxylation is 2. The number of carbonyl (C=O) groups is 2. The van der Waals surface area contributed by atoms with Crippen molar-refractivity contribution in [2.45, 2.75) is 37.5 Å². The molecule has 1 aromatic heterocycles. The third kappa shape index (κ3) is 5.07. The molecule has 0 radical (unpaired) electrons. The lowest BCUT2D eigenvalue weighted by Gasteiger charge is -2.05. The lowest BCUT2D eigenvalue weighted by molar-refractivity contribution is -0.140. The number of benzene rings is 3. The molecule has 0 aliphatic rings. The molecule has 0 fully saturated rings. The Morgan fingerprint density at radius 2 is 1.45 bits per heavy atom. The summed E-state index contributed by atoms with van der Waals surface area (Å²) in [6.07, 6.45) is 0. The van der Waals surface area contributed by atoms with Gasteiger partial charge in [0.05, 0.1) is 5.71 Å². The first-order valence-electron chi connectivity index (χ1n) is 10.5. The van der Waals surface area contributed by atoms with Crippen LogP contribution in [0.2, 0.25) is 0 Å². The predicted molar refractivity (Wildman–Crippen MR) is 130 cm³/mol. The van der Waals surface area contributed by atoms with Gasteiger partial charge in [-0.25, -0.2) is 4.79 Å². The predicted octanol–water partition coefficient (Wildman–Crippen LogP) is 6.72. The second-order valence-corrected chi connectivity index (χ2v) is 8.94. The quantitative estimate of drug-likeness (QED) is 0.139. The number of rotatable bonds is 6. The summed E-state index contributed by atoms with van der Waals surface area (Å²) in [7, 11) is 0. The van der Waals surface area contributed by atoms with Crippen LogP contribution in [0.25, 0.3) is 11.0 Å². The first kappa shape index (κ1) is 22.6. The van der Waals surface area contributed by atoms with Crippen LogP contribution in [0.1, 0.15) is 46.7 Å². The van der Waals surface area contributed by atoms with Gasteiger partial charge in [-0.2, -0.15) is 0 Å². The van der Waals surface area contributed by atoms with Crippen molar-refractivity contribution in [3.63, 3.8) is 0 Å². The van der Waals surface area contributed by atoms with Crippen molar-refractivity contribution in [3.05, 3.63) is 94.7 Å². The molecule has 0 unspecified atom stereocenters. The first-order valence-corrected chi connectivity index (χ1v) is 11.3. The van der Waals surface area contributed by atoms with Crippen LogP contribution in [-0.2, 0) is 9.63 Å². The number of carbonyl (C=O) groups excluding carboxylic acids is 2. The summed E-state index contributed by atoms with van der Waals surface area (Å²) < 4.78 is 5.86. The number of ketones is 1. The largest absolute Gasteiger partial charge is 0.452 e. The van der Waals surface area contributed by atoms with E-state index in [1.165, 1.54) is 6.92 Å². The number of furan rings is 1. The Hall–Kier alpha value is -3.64. The topological polar surface area (TPSA) is 68.9 Å². The van der Waals surface area contributed by atoms with Gasteiger partial charge in [-0.3, -0.25) is 4.79 Å². The van der Waals surface area contributed by atoms with Gasteiger partial charge >= 0.3 is 5.97 Å². The van der Waals surface area contributed by atoms with E-state index >= 15 is 0 Å². The van der Waals surface area contributed by atoms with Gasteiger partial charge in [-0.05, 0) is 74.9 Å². The van der Waals surface area contributed by atoms with Crippen molar-refractivity contribution in [3.8, 4) is 0 Å². The highest BCUT2D eigenvalue weighted by Gasteiger charge is 2.19. The van der Waals surface area contributed by atoms with Gasteiger partial charge in [0.25, 0.3) is 0 Å². The Morgan fingerprint density at radius 1 is 0.848 bits per heavy atom. The lowest BCUT2D eigenvalue weighted by Crippen LogP contribution is -2.01. The van der Waals surface area contributed by atoms with Crippen LogP contribution >= 0.6 is 11.8 Å². The van der Waals surface area contributed by atoms with Gasteiger partial charge in [0.1, 0.15) is 5.58 Å². The highest BCUT2D eigenvalue weighted by Crippen LogP contribution is 2.30. The Balaban J connectivity index is 1.47. The Labute approximate surface area is 196 Å². The zero-order valence-electron chi connectivity index (χ0n) is 18.8. The molecule has 0 atom stereocenters. The maximum atomic E-state index is 13.0. The summed E-state index contributed by atoms with van der Waals surface area (Å²) >= 11 is 1.59. The SMILES string of the molecule is CC(=O)ON=C(C)c1ccc(Sc2ccc(C(=O)c3oc4ccc(C)cc4c3C)cc2)cc1. The van der Waals surface area contributed by atoms with Crippen molar-refractivity contribution in [2.75, 3.05) is 0 Å². The zero-order chi connectivity index (χ0) is 23.5. The maximum absolute atomic E-state index is 13.0. The summed E-state index contributed by atoms with van der Waals surface area (Å²) in [5, 5.41) is 4.78. The minimum absolute atomic E-state index is 0.121. The molecule has 3 aromatic carbocycles. The van der Waals surface area contributed by atoms with Crippen LogP contribution < -0.4 is 0 Å². The Bertz CT molecular complexity index is 1370. The number of hydrogen-bond donors (Lipinski definition) is 0. The first-order chi connectivity index (χ1) is 15.8. The molecule has 0 saturated heterocycles. The summed E-state index contributed by atoms with van der Waals surface area (Å²) in [4.78, 5) is 30.7. The highest BCUT2D eigenvalue weighted by atomic mass is 32.2. The molecule has 33 heavy (non-hydrogen) atoms. The van der Waals surface area contributed by atoms with Crippen LogP contribution in [0.5, 0.6) is 0 Å². The molecule has 0 aliphatic heterocycles. The molecule has 5 nitrogen and oxygen atoms in total. The van der Waals surface area contributed by atoms with E-state index in [2.05, 4.69) is 9.99 Å². The summed E-state index contributed by atoms with van der Waals surface area (Å²) in [6, 6.07) is 21.2. The van der Waals surface area contributed by atoms with Crippen molar-refractivity contribution in [1.82, 2.24) is 0 Å². The van der Waals surface area contributed by atoms with Crippen LogP contribution in [0.4, 0.5) is 0 Å². The van der Waals surface area contributed by atoms with Gasteiger partial charge < -0.3 is 9.25 Å². The molecule has 1 heterocycles. The van der Waals surface area contributed by atoms with E-state index in [4.69, 9.17) is 4.42 Å². The van der Waals surface area contributed by atoms with Crippen molar-refractivity contribution in [2.24, 2.45) is 5.16 Å². The molecule has 0 spiro atoms. The van der Waals surface area contributed by atoms with Gasteiger partial charge in [0.15, 0.2) is 5.76 Å². The van der Waals surface area contributed by atoms with E-state index < -0.39 is 5.97 Å². The van der Waals surface area contributed by atoms with E-state index in [-0.39, 0.29) is 5.78 Å². The highest BCUT2D eigenvalue weighted by molar-refractivity contribution is 7.99. The molecule has 0 N–H and O–H groups in total. The van der Waals surface area contributed by atoms with Crippen LogP contribution in [-0.4, -0.2) is 17.5 Å². The summed E-state index contributed by atoms with van der Waals surface area (Å²) in [5.74, 6) is -0.184. The minimum atomic E-state index is -0.450. The Kier molecular flexibility index (Phi) is 6.47. The molecular formula is C27H23NO4S. The molecule has 0 saturated carbocycles. The van der Waals surface area contributed by atoms with Gasteiger partial charge in [-0.15, -0.1) is 0 Å².